The van der Waals surface area contributed by atoms with Crippen molar-refractivity contribution < 1.29 is 18.0 Å². The van der Waals surface area contributed by atoms with Gasteiger partial charge in [-0.2, -0.15) is 0 Å². The first-order chi connectivity index (χ1) is 15.3. The van der Waals surface area contributed by atoms with Crippen molar-refractivity contribution in [3.8, 4) is 0 Å². The van der Waals surface area contributed by atoms with Crippen LogP contribution in [0.25, 0.3) is 0 Å². The fraction of sp³-hybridized carbons (Fsp3) is 0.667. The van der Waals surface area contributed by atoms with Crippen LogP contribution in [0.4, 0.5) is 0 Å². The third kappa shape index (κ3) is 6.78. The Hall–Kier alpha value is -1.93. The molecule has 1 saturated heterocycles. The monoisotopic (exact) mass is 463 g/mol. The van der Waals surface area contributed by atoms with Gasteiger partial charge in [-0.25, -0.2) is 13.1 Å². The van der Waals surface area contributed by atoms with E-state index in [1.165, 1.54) is 0 Å². The fourth-order valence-corrected chi connectivity index (χ4v) is 5.73. The van der Waals surface area contributed by atoms with Crippen molar-refractivity contribution in [3.05, 3.63) is 29.8 Å². The lowest BCUT2D eigenvalue weighted by atomic mass is 9.81. The van der Waals surface area contributed by atoms with Crippen molar-refractivity contribution in [1.29, 1.82) is 0 Å². The van der Waals surface area contributed by atoms with E-state index < -0.39 is 16.1 Å². The lowest BCUT2D eigenvalue weighted by Gasteiger charge is -2.30. The second kappa shape index (κ2) is 11.3. The van der Waals surface area contributed by atoms with Crippen LogP contribution in [0.3, 0.4) is 0 Å². The van der Waals surface area contributed by atoms with Crippen molar-refractivity contribution in [2.24, 2.45) is 11.8 Å². The van der Waals surface area contributed by atoms with Gasteiger partial charge in [-0.05, 0) is 70.4 Å². The van der Waals surface area contributed by atoms with Crippen LogP contribution < -0.4 is 10.0 Å². The molecule has 2 amide bonds. The Kier molecular flexibility index (Phi) is 8.71. The van der Waals surface area contributed by atoms with E-state index in [4.69, 9.17) is 0 Å². The van der Waals surface area contributed by atoms with Gasteiger partial charge < -0.3 is 10.2 Å². The first kappa shape index (κ1) is 24.7. The number of nitrogens with zero attached hydrogens (tertiary/aromatic N) is 1. The van der Waals surface area contributed by atoms with Crippen molar-refractivity contribution >= 4 is 21.8 Å². The number of carbonyl (C=O) groups is 2. The molecule has 1 saturated carbocycles. The fourth-order valence-electron chi connectivity index (χ4n) is 4.61. The number of aryl methyl sites for hydroxylation is 1. The lowest BCUT2D eigenvalue weighted by molar-refractivity contribution is -0.137. The minimum atomic E-state index is -3.52. The van der Waals surface area contributed by atoms with Crippen molar-refractivity contribution in [2.45, 2.75) is 76.2 Å². The number of carbonyl (C=O) groups excluding carboxylic acids is 2. The van der Waals surface area contributed by atoms with Crippen LogP contribution in [0.5, 0.6) is 0 Å². The molecule has 1 atom stereocenters. The molecule has 1 aromatic rings. The molecule has 7 nitrogen and oxygen atoms in total. The zero-order valence-corrected chi connectivity index (χ0v) is 20.1. The minimum Gasteiger partial charge on any atom is -0.344 e. The summed E-state index contributed by atoms with van der Waals surface area (Å²) in [5.74, 6) is 0.0635. The van der Waals surface area contributed by atoms with Crippen LogP contribution in [0, 0.1) is 18.8 Å². The second-order valence-corrected chi connectivity index (χ2v) is 11.1. The van der Waals surface area contributed by atoms with Gasteiger partial charge in [0.2, 0.25) is 21.8 Å². The Bertz CT molecular complexity index is 869. The molecule has 1 aliphatic heterocycles. The molecule has 1 aliphatic carbocycles. The van der Waals surface area contributed by atoms with Crippen LogP contribution in [0.2, 0.25) is 0 Å². The molecule has 0 aromatic heterocycles. The first-order valence-corrected chi connectivity index (χ1v) is 13.4. The van der Waals surface area contributed by atoms with Crippen molar-refractivity contribution in [3.63, 3.8) is 0 Å². The zero-order valence-electron chi connectivity index (χ0n) is 19.3. The van der Waals surface area contributed by atoms with Crippen LogP contribution >= 0.6 is 0 Å². The summed E-state index contributed by atoms with van der Waals surface area (Å²) in [5, 5.41) is 2.92. The summed E-state index contributed by atoms with van der Waals surface area (Å²) < 4.78 is 27.7. The molecule has 2 N–H and O–H groups in total. The first-order valence-electron chi connectivity index (χ1n) is 11.9. The maximum absolute atomic E-state index is 12.7. The number of rotatable bonds is 7. The van der Waals surface area contributed by atoms with Gasteiger partial charge in [-0.15, -0.1) is 0 Å². The van der Waals surface area contributed by atoms with E-state index in [1.54, 1.807) is 31.2 Å². The van der Waals surface area contributed by atoms with Crippen LogP contribution in [-0.4, -0.2) is 50.8 Å². The molecule has 0 spiro atoms. The summed E-state index contributed by atoms with van der Waals surface area (Å²) in [5.41, 5.74) is 1.02. The quantitative estimate of drug-likeness (QED) is 0.650. The Morgan fingerprint density at radius 2 is 1.59 bits per heavy atom. The summed E-state index contributed by atoms with van der Waals surface area (Å²) in [4.78, 5) is 27.5. The van der Waals surface area contributed by atoms with E-state index in [2.05, 4.69) is 10.0 Å². The highest BCUT2D eigenvalue weighted by Crippen LogP contribution is 2.29. The van der Waals surface area contributed by atoms with Gasteiger partial charge in [0, 0.05) is 25.6 Å². The van der Waals surface area contributed by atoms with Gasteiger partial charge in [0.05, 0.1) is 4.90 Å². The van der Waals surface area contributed by atoms with Crippen molar-refractivity contribution in [1.82, 2.24) is 14.9 Å². The van der Waals surface area contributed by atoms with E-state index in [0.29, 0.717) is 19.4 Å². The van der Waals surface area contributed by atoms with E-state index in [9.17, 15) is 18.0 Å². The highest BCUT2D eigenvalue weighted by molar-refractivity contribution is 7.89. The van der Waals surface area contributed by atoms with Gasteiger partial charge in [0.25, 0.3) is 0 Å². The summed E-state index contributed by atoms with van der Waals surface area (Å²) in [6.45, 7) is 5.64. The van der Waals surface area contributed by atoms with Gasteiger partial charge >= 0.3 is 0 Å². The Labute approximate surface area is 192 Å². The number of likely N-dealkylation sites (tertiary alicyclic amines) is 1. The number of amides is 2. The molecule has 32 heavy (non-hydrogen) atoms. The molecule has 3 rings (SSSR count). The number of nitrogens with one attached hydrogen (secondary N) is 2. The second-order valence-electron chi connectivity index (χ2n) is 9.35. The molecule has 0 unspecified atom stereocenters. The third-order valence-electron chi connectivity index (χ3n) is 6.76. The predicted octanol–water partition coefficient (Wildman–Crippen LogP) is 2.99. The molecule has 1 heterocycles. The summed E-state index contributed by atoms with van der Waals surface area (Å²) in [7, 11) is -3.52. The van der Waals surface area contributed by atoms with Gasteiger partial charge in [0.15, 0.2) is 0 Å². The van der Waals surface area contributed by atoms with Crippen LogP contribution in [0.1, 0.15) is 63.9 Å². The number of hydrogen-bond donors (Lipinski definition) is 2. The molecule has 1 aromatic carbocycles. The molecular formula is C24H37N3O4S. The largest absolute Gasteiger partial charge is 0.344 e. The average molecular weight is 464 g/mol. The number of benzene rings is 1. The van der Waals surface area contributed by atoms with Crippen LogP contribution in [-0.2, 0) is 19.6 Å². The molecule has 0 radical (unpaired) electrons. The molecule has 8 heteroatoms. The van der Waals surface area contributed by atoms with Crippen LogP contribution in [0.15, 0.2) is 29.2 Å². The predicted molar refractivity (Wildman–Crippen MR) is 124 cm³/mol. The number of sulfonamides is 1. The smallest absolute Gasteiger partial charge is 0.244 e. The molecule has 0 bridgehead atoms. The van der Waals surface area contributed by atoms with E-state index in [-0.39, 0.29) is 28.5 Å². The maximum atomic E-state index is 12.7. The van der Waals surface area contributed by atoms with E-state index in [0.717, 1.165) is 57.2 Å². The van der Waals surface area contributed by atoms with Gasteiger partial charge in [0.1, 0.15) is 6.04 Å². The van der Waals surface area contributed by atoms with E-state index in [1.807, 2.05) is 11.8 Å². The third-order valence-corrected chi connectivity index (χ3v) is 8.20. The Balaban J connectivity index is 1.42. The SMILES string of the molecule is Cc1ccc(S(=O)(=O)NCC2CCC(C(=O)N[C@@H](C)C(=O)N3CCCCCC3)CC2)cc1. The Morgan fingerprint density at radius 1 is 1.00 bits per heavy atom. The molecule has 178 valence electrons. The topological polar surface area (TPSA) is 95.6 Å². The average Bonchev–Trinajstić information content (AvgIpc) is 3.07. The highest BCUT2D eigenvalue weighted by Gasteiger charge is 2.30. The zero-order chi connectivity index (χ0) is 23.1. The Morgan fingerprint density at radius 3 is 2.19 bits per heavy atom. The molecule has 2 aliphatic rings. The normalized spacial score (nSPS) is 23.2. The minimum absolute atomic E-state index is 0.0134. The molecule has 2 fully saturated rings. The van der Waals surface area contributed by atoms with E-state index >= 15 is 0 Å². The summed E-state index contributed by atoms with van der Waals surface area (Å²) >= 11 is 0. The molecular weight excluding hydrogens is 426 g/mol. The van der Waals surface area contributed by atoms with Crippen molar-refractivity contribution in [2.75, 3.05) is 19.6 Å². The summed E-state index contributed by atoms with van der Waals surface area (Å²) in [6.07, 6.45) is 7.41. The highest BCUT2D eigenvalue weighted by atomic mass is 32.2. The standard InChI is InChI=1S/C24H37N3O4S/c1-18-7-13-22(14-8-18)32(30,31)25-17-20-9-11-21(12-10-20)23(28)26-19(2)24(29)27-15-5-3-4-6-16-27/h7-8,13-14,19-21,25H,3-6,9-12,15-17H2,1-2H3,(H,26,28)/t19-,20?,21?/m0/s1. The number of hydrogen-bond acceptors (Lipinski definition) is 4. The maximum Gasteiger partial charge on any atom is 0.244 e. The summed E-state index contributed by atoms with van der Waals surface area (Å²) in [6, 6.07) is 6.31. The lowest BCUT2D eigenvalue weighted by Crippen LogP contribution is -2.49. The van der Waals surface area contributed by atoms with Gasteiger partial charge in [-0.3, -0.25) is 9.59 Å². The van der Waals surface area contributed by atoms with Gasteiger partial charge in [-0.1, -0.05) is 30.5 Å².